The summed E-state index contributed by atoms with van der Waals surface area (Å²) in [5, 5.41) is 2.80. The first-order valence-corrected chi connectivity index (χ1v) is 15.8. The summed E-state index contributed by atoms with van der Waals surface area (Å²) < 4.78 is 35.0. The van der Waals surface area contributed by atoms with Crippen LogP contribution in [0.1, 0.15) is 85.0 Å². The summed E-state index contributed by atoms with van der Waals surface area (Å²) in [7, 11) is -3.88. The van der Waals surface area contributed by atoms with E-state index in [-0.39, 0.29) is 25.3 Å². The van der Waals surface area contributed by atoms with Gasteiger partial charge in [0, 0.05) is 19.0 Å². The summed E-state index contributed by atoms with van der Waals surface area (Å²) in [5.74, 6) is -1.18. The van der Waals surface area contributed by atoms with E-state index in [1.807, 2.05) is 12.2 Å². The quantitative estimate of drug-likeness (QED) is 0.419. The van der Waals surface area contributed by atoms with E-state index in [0.29, 0.717) is 49.5 Å². The maximum absolute atomic E-state index is 13.9. The Kier molecular flexibility index (Phi) is 8.84. The van der Waals surface area contributed by atoms with Gasteiger partial charge in [0.2, 0.25) is 21.8 Å². The number of rotatable bonds is 5. The molecular formula is C27H43N5O7S. The highest BCUT2D eigenvalue weighted by atomic mass is 32.2. The number of ether oxygens (including phenoxy) is 1. The van der Waals surface area contributed by atoms with Gasteiger partial charge in [-0.2, -0.15) is 0 Å². The average molecular weight is 582 g/mol. The van der Waals surface area contributed by atoms with Gasteiger partial charge in [-0.1, -0.05) is 25.0 Å². The number of sulfonamides is 1. The minimum Gasteiger partial charge on any atom is -0.443 e. The molecule has 4 unspecified atom stereocenters. The number of imide groups is 1. The molecule has 2 saturated carbocycles. The minimum atomic E-state index is -3.88. The van der Waals surface area contributed by atoms with Crippen LogP contribution in [0.4, 0.5) is 9.59 Å². The van der Waals surface area contributed by atoms with Gasteiger partial charge in [-0.3, -0.25) is 9.59 Å². The third-order valence-electron chi connectivity index (χ3n) is 8.01. The van der Waals surface area contributed by atoms with Gasteiger partial charge in [0.15, 0.2) is 4.87 Å². The van der Waals surface area contributed by atoms with Crippen LogP contribution >= 0.6 is 0 Å². The molecule has 13 heteroatoms. The molecule has 0 aromatic heterocycles. The van der Waals surface area contributed by atoms with E-state index in [2.05, 4.69) is 10.0 Å². The monoisotopic (exact) mass is 581 g/mol. The van der Waals surface area contributed by atoms with Crippen molar-refractivity contribution in [1.82, 2.24) is 19.8 Å². The van der Waals surface area contributed by atoms with Gasteiger partial charge in [0.25, 0.3) is 0 Å². The Morgan fingerprint density at radius 2 is 1.88 bits per heavy atom. The summed E-state index contributed by atoms with van der Waals surface area (Å²) >= 11 is 0. The molecule has 4 aliphatic rings. The van der Waals surface area contributed by atoms with Crippen LogP contribution in [-0.2, 0) is 24.3 Å². The lowest BCUT2D eigenvalue weighted by Gasteiger charge is -2.34. The van der Waals surface area contributed by atoms with Gasteiger partial charge in [0.1, 0.15) is 17.7 Å². The highest BCUT2D eigenvalue weighted by Crippen LogP contribution is 2.49. The molecule has 4 atom stereocenters. The number of nitrogens with two attached hydrogens (primary N) is 1. The second-order valence-electron chi connectivity index (χ2n) is 12.4. The first-order chi connectivity index (χ1) is 18.8. The minimum absolute atomic E-state index is 0.168. The maximum atomic E-state index is 13.9. The zero-order chi connectivity index (χ0) is 29.3. The van der Waals surface area contributed by atoms with E-state index in [4.69, 9.17) is 10.5 Å². The Bertz CT molecular complexity index is 1150. The highest BCUT2D eigenvalue weighted by molar-refractivity contribution is 7.91. The number of nitrogens with one attached hydrogen (secondary N) is 2. The Balaban J connectivity index is 1.62. The van der Waals surface area contributed by atoms with Crippen LogP contribution in [0.5, 0.6) is 0 Å². The van der Waals surface area contributed by atoms with Crippen molar-refractivity contribution in [2.24, 2.45) is 17.6 Å². The number of fused-ring (bicyclic) bond motifs is 2. The summed E-state index contributed by atoms with van der Waals surface area (Å²) in [4.78, 5) is 53.6. The van der Waals surface area contributed by atoms with E-state index >= 15 is 0 Å². The summed E-state index contributed by atoms with van der Waals surface area (Å²) in [6.45, 7) is 5.51. The zero-order valence-corrected chi connectivity index (χ0v) is 24.5. The van der Waals surface area contributed by atoms with Crippen molar-refractivity contribution in [3.8, 4) is 0 Å². The fourth-order valence-corrected chi connectivity index (χ4v) is 7.38. The molecule has 3 fully saturated rings. The second-order valence-corrected chi connectivity index (χ2v) is 14.5. The number of allylic oxidation sites excluding steroid dienone is 1. The van der Waals surface area contributed by atoms with Gasteiger partial charge in [0.05, 0.1) is 0 Å². The number of primary amides is 1. The molecule has 4 rings (SSSR count). The molecule has 0 aromatic carbocycles. The van der Waals surface area contributed by atoms with Crippen molar-refractivity contribution < 1.29 is 32.3 Å². The number of carbonyl (C=O) groups is 4. The Hall–Kier alpha value is -2.67. The van der Waals surface area contributed by atoms with Gasteiger partial charge < -0.3 is 20.7 Å². The fraction of sp³-hybridized carbons (Fsp3) is 0.778. The molecule has 2 aliphatic heterocycles. The van der Waals surface area contributed by atoms with E-state index in [0.717, 1.165) is 19.3 Å². The molecule has 0 radical (unpaired) electrons. The number of carbonyl (C=O) groups excluding carboxylic acids is 4. The van der Waals surface area contributed by atoms with Crippen LogP contribution in [0.2, 0.25) is 0 Å². The predicted molar refractivity (Wildman–Crippen MR) is 147 cm³/mol. The zero-order valence-electron chi connectivity index (χ0n) is 23.7. The second kappa shape index (κ2) is 11.7. The van der Waals surface area contributed by atoms with Crippen LogP contribution in [0.25, 0.3) is 0 Å². The number of hydrogen-bond acceptors (Lipinski definition) is 7. The lowest BCUT2D eigenvalue weighted by Crippen LogP contribution is -2.59. The van der Waals surface area contributed by atoms with E-state index in [1.54, 1.807) is 20.8 Å². The van der Waals surface area contributed by atoms with Crippen molar-refractivity contribution in [2.45, 2.75) is 108 Å². The SMILES string of the molecule is CC(C)(C)OC(=O)N(C(N)=O)C1CCCCC/C=C\C2CC2(S(=O)(=O)NCC2CC2)NC(=O)C2CCCN2C1=O. The summed E-state index contributed by atoms with van der Waals surface area (Å²) in [6.07, 6.45) is 8.74. The molecule has 12 nitrogen and oxygen atoms in total. The third kappa shape index (κ3) is 6.79. The molecule has 224 valence electrons. The largest absolute Gasteiger partial charge is 0.443 e. The first-order valence-electron chi connectivity index (χ1n) is 14.4. The van der Waals surface area contributed by atoms with Crippen molar-refractivity contribution >= 4 is 34.0 Å². The van der Waals surface area contributed by atoms with Gasteiger partial charge >= 0.3 is 12.1 Å². The molecule has 40 heavy (non-hydrogen) atoms. The van der Waals surface area contributed by atoms with Crippen LogP contribution in [-0.4, -0.2) is 77.8 Å². The van der Waals surface area contributed by atoms with Crippen molar-refractivity contribution in [2.75, 3.05) is 13.1 Å². The number of nitrogens with zero attached hydrogens (tertiary/aromatic N) is 2. The molecule has 2 aliphatic carbocycles. The number of urea groups is 1. The Labute approximate surface area is 236 Å². The van der Waals surface area contributed by atoms with Crippen molar-refractivity contribution in [3.63, 3.8) is 0 Å². The maximum Gasteiger partial charge on any atom is 0.419 e. The van der Waals surface area contributed by atoms with Gasteiger partial charge in [-0.25, -0.2) is 27.6 Å². The summed E-state index contributed by atoms with van der Waals surface area (Å²) in [6, 6.07) is -3.29. The third-order valence-corrected chi connectivity index (χ3v) is 10.1. The molecule has 5 amide bonds. The number of amides is 5. The molecule has 0 bridgehead atoms. The molecule has 0 spiro atoms. The Morgan fingerprint density at radius 3 is 2.52 bits per heavy atom. The van der Waals surface area contributed by atoms with Crippen molar-refractivity contribution in [3.05, 3.63) is 12.2 Å². The smallest absolute Gasteiger partial charge is 0.419 e. The lowest BCUT2D eigenvalue weighted by atomic mass is 10.0. The average Bonchev–Trinajstić information content (AvgIpc) is 3.75. The van der Waals surface area contributed by atoms with Gasteiger partial charge in [-0.15, -0.1) is 0 Å². The van der Waals surface area contributed by atoms with Crippen LogP contribution in [0.15, 0.2) is 12.2 Å². The van der Waals surface area contributed by atoms with E-state index in [9.17, 15) is 27.6 Å². The molecule has 0 aromatic rings. The fourth-order valence-electron chi connectivity index (χ4n) is 5.56. The van der Waals surface area contributed by atoms with Gasteiger partial charge in [-0.05, 0) is 78.1 Å². The Morgan fingerprint density at radius 1 is 1.15 bits per heavy atom. The van der Waals surface area contributed by atoms with E-state index in [1.165, 1.54) is 4.90 Å². The molecule has 1 saturated heterocycles. The lowest BCUT2D eigenvalue weighted by molar-refractivity contribution is -0.142. The summed E-state index contributed by atoms with van der Waals surface area (Å²) in [5.41, 5.74) is 4.67. The van der Waals surface area contributed by atoms with Crippen LogP contribution in [0.3, 0.4) is 0 Å². The highest BCUT2D eigenvalue weighted by Gasteiger charge is 2.64. The molecular weight excluding hydrogens is 538 g/mol. The predicted octanol–water partition coefficient (Wildman–Crippen LogP) is 2.34. The first kappa shape index (κ1) is 30.3. The van der Waals surface area contributed by atoms with Crippen molar-refractivity contribution in [1.29, 1.82) is 0 Å². The van der Waals surface area contributed by atoms with Crippen LogP contribution in [0, 0.1) is 11.8 Å². The normalized spacial score (nSPS) is 30.7. The number of hydrogen-bond donors (Lipinski definition) is 3. The van der Waals surface area contributed by atoms with E-state index < -0.39 is 56.5 Å². The van der Waals surface area contributed by atoms with Crippen LogP contribution < -0.4 is 15.8 Å². The molecule has 4 N–H and O–H groups in total. The topological polar surface area (TPSA) is 168 Å². The standard InChI is InChI=1S/C27H43N5O7S/c1-26(2,3)39-25(36)32(24(28)35)21-11-8-6-4-5-7-10-19-16-27(19,40(37,38)29-17-18-13-14-18)30-22(33)20-12-9-15-31(20)23(21)34/h7,10,18-21,29H,4-6,8-9,11-17H2,1-3H3,(H2,28,35)(H,30,33)/b10-7-. The molecule has 2 heterocycles.